The van der Waals surface area contributed by atoms with Crippen LogP contribution in [-0.4, -0.2) is 31.8 Å². The molecule has 5 heteroatoms. The van der Waals surface area contributed by atoms with Gasteiger partial charge in [0.05, 0.1) is 6.20 Å². The first-order chi connectivity index (χ1) is 7.18. The number of nitrogens with two attached hydrogens (primary N) is 1. The predicted molar refractivity (Wildman–Crippen MR) is 68.3 cm³/mol. The van der Waals surface area contributed by atoms with Crippen molar-refractivity contribution in [1.29, 1.82) is 0 Å². The van der Waals surface area contributed by atoms with Crippen molar-refractivity contribution >= 4 is 23.5 Å². The van der Waals surface area contributed by atoms with Gasteiger partial charge in [-0.2, -0.15) is 28.6 Å². The molecule has 0 aliphatic carbocycles. The van der Waals surface area contributed by atoms with E-state index in [-0.39, 0.29) is 6.04 Å². The number of aromatic nitrogens is 2. The summed E-state index contributed by atoms with van der Waals surface area (Å²) in [6.45, 7) is 2.28. The van der Waals surface area contributed by atoms with Gasteiger partial charge in [0.1, 0.15) is 0 Å². The maximum atomic E-state index is 6.29. The van der Waals surface area contributed by atoms with Crippen molar-refractivity contribution in [2.45, 2.75) is 23.5 Å². The van der Waals surface area contributed by atoms with Gasteiger partial charge >= 0.3 is 0 Å². The molecule has 2 heterocycles. The Kier molecular flexibility index (Phi) is 3.64. The van der Waals surface area contributed by atoms with Crippen molar-refractivity contribution in [1.82, 2.24) is 9.78 Å². The molecule has 3 unspecified atom stereocenters. The van der Waals surface area contributed by atoms with Gasteiger partial charge in [-0.3, -0.25) is 4.68 Å². The standard InChI is InChI=1S/C10H17N3S2/c1-7-10(15-4-3-14-7)9(11)8-5-12-13(2)6-8/h5-7,9-10H,3-4,11H2,1-2H3. The smallest absolute Gasteiger partial charge is 0.0537 e. The normalized spacial score (nSPS) is 29.0. The molecule has 2 rings (SSSR count). The number of rotatable bonds is 2. The van der Waals surface area contributed by atoms with E-state index in [1.165, 1.54) is 11.5 Å². The number of hydrogen-bond donors (Lipinski definition) is 1. The van der Waals surface area contributed by atoms with E-state index in [0.29, 0.717) is 10.5 Å². The molecule has 0 spiro atoms. The third-order valence-electron chi connectivity index (χ3n) is 2.70. The zero-order valence-electron chi connectivity index (χ0n) is 9.09. The van der Waals surface area contributed by atoms with Crippen LogP contribution < -0.4 is 5.73 Å². The first-order valence-electron chi connectivity index (χ1n) is 5.16. The molecule has 0 amide bonds. The molecule has 0 radical (unpaired) electrons. The Bertz CT molecular complexity index is 326. The second-order valence-electron chi connectivity index (χ2n) is 3.88. The molecular formula is C10H17N3S2. The molecule has 0 saturated carbocycles. The molecule has 3 nitrogen and oxygen atoms in total. The summed E-state index contributed by atoms with van der Waals surface area (Å²) in [5, 5.41) is 5.34. The Labute approximate surface area is 99.2 Å². The van der Waals surface area contributed by atoms with E-state index < -0.39 is 0 Å². The van der Waals surface area contributed by atoms with E-state index in [1.54, 1.807) is 0 Å². The van der Waals surface area contributed by atoms with Crippen molar-refractivity contribution in [3.05, 3.63) is 18.0 Å². The Morgan fingerprint density at radius 2 is 2.27 bits per heavy atom. The van der Waals surface area contributed by atoms with Crippen molar-refractivity contribution in [3.8, 4) is 0 Å². The lowest BCUT2D eigenvalue weighted by Crippen LogP contribution is -2.34. The van der Waals surface area contributed by atoms with E-state index in [2.05, 4.69) is 12.0 Å². The Balaban J connectivity index is 2.09. The van der Waals surface area contributed by atoms with Gasteiger partial charge < -0.3 is 5.73 Å². The average molecular weight is 243 g/mol. The fraction of sp³-hybridized carbons (Fsp3) is 0.700. The molecule has 84 valence electrons. The summed E-state index contributed by atoms with van der Waals surface area (Å²) in [5.74, 6) is 2.47. The highest BCUT2D eigenvalue weighted by molar-refractivity contribution is 8.07. The number of nitrogens with zero attached hydrogens (tertiary/aromatic N) is 2. The van der Waals surface area contributed by atoms with Crippen LogP contribution in [0.5, 0.6) is 0 Å². The summed E-state index contributed by atoms with van der Waals surface area (Å²) in [7, 11) is 1.93. The highest BCUT2D eigenvalue weighted by Gasteiger charge is 2.29. The van der Waals surface area contributed by atoms with Crippen molar-refractivity contribution in [3.63, 3.8) is 0 Å². The molecule has 1 aliphatic heterocycles. The fourth-order valence-electron chi connectivity index (χ4n) is 1.85. The van der Waals surface area contributed by atoms with Gasteiger partial charge in [0.15, 0.2) is 0 Å². The molecule has 0 bridgehead atoms. The topological polar surface area (TPSA) is 43.8 Å². The first kappa shape index (κ1) is 11.4. The van der Waals surface area contributed by atoms with Crippen molar-refractivity contribution in [2.24, 2.45) is 12.8 Å². The minimum absolute atomic E-state index is 0.117. The van der Waals surface area contributed by atoms with Crippen LogP contribution in [0.4, 0.5) is 0 Å². The van der Waals surface area contributed by atoms with Gasteiger partial charge in [0.2, 0.25) is 0 Å². The molecule has 3 atom stereocenters. The molecule has 1 saturated heterocycles. The molecule has 1 aromatic heterocycles. The maximum Gasteiger partial charge on any atom is 0.0537 e. The van der Waals surface area contributed by atoms with Gasteiger partial charge in [-0.05, 0) is 0 Å². The summed E-state index contributed by atoms with van der Waals surface area (Å²) < 4.78 is 1.82. The Hall–Kier alpha value is -0.130. The van der Waals surface area contributed by atoms with Gasteiger partial charge in [-0.1, -0.05) is 6.92 Å². The minimum atomic E-state index is 0.117. The second kappa shape index (κ2) is 4.80. The molecule has 15 heavy (non-hydrogen) atoms. The monoisotopic (exact) mass is 243 g/mol. The van der Waals surface area contributed by atoms with Crippen molar-refractivity contribution < 1.29 is 0 Å². The minimum Gasteiger partial charge on any atom is -0.323 e. The van der Waals surface area contributed by atoms with Crippen LogP contribution in [0.25, 0.3) is 0 Å². The molecular weight excluding hydrogens is 226 g/mol. The van der Waals surface area contributed by atoms with Gasteiger partial charge in [0, 0.05) is 46.9 Å². The average Bonchev–Trinajstić information content (AvgIpc) is 2.65. The van der Waals surface area contributed by atoms with E-state index in [1.807, 2.05) is 47.6 Å². The summed E-state index contributed by atoms with van der Waals surface area (Å²) in [6.07, 6.45) is 3.91. The van der Waals surface area contributed by atoms with Crippen LogP contribution in [0, 0.1) is 0 Å². The van der Waals surface area contributed by atoms with Crippen LogP contribution in [-0.2, 0) is 7.05 Å². The lowest BCUT2D eigenvalue weighted by atomic mass is 10.1. The van der Waals surface area contributed by atoms with Crippen LogP contribution in [0.2, 0.25) is 0 Å². The van der Waals surface area contributed by atoms with Crippen LogP contribution >= 0.6 is 23.5 Å². The van der Waals surface area contributed by atoms with E-state index in [0.717, 1.165) is 5.56 Å². The molecule has 2 N–H and O–H groups in total. The van der Waals surface area contributed by atoms with Gasteiger partial charge in [0.25, 0.3) is 0 Å². The maximum absolute atomic E-state index is 6.29. The summed E-state index contributed by atoms with van der Waals surface area (Å²) in [5.41, 5.74) is 7.44. The summed E-state index contributed by atoms with van der Waals surface area (Å²) in [4.78, 5) is 0. The Morgan fingerprint density at radius 1 is 1.53 bits per heavy atom. The molecule has 0 aromatic carbocycles. The van der Waals surface area contributed by atoms with Gasteiger partial charge in [-0.15, -0.1) is 0 Å². The van der Waals surface area contributed by atoms with E-state index in [4.69, 9.17) is 5.73 Å². The van der Waals surface area contributed by atoms with E-state index >= 15 is 0 Å². The lowest BCUT2D eigenvalue weighted by Gasteiger charge is -2.31. The third-order valence-corrected chi connectivity index (χ3v) is 5.92. The van der Waals surface area contributed by atoms with Crippen LogP contribution in [0.3, 0.4) is 0 Å². The Morgan fingerprint density at radius 3 is 2.87 bits per heavy atom. The third kappa shape index (κ3) is 2.52. The highest BCUT2D eigenvalue weighted by atomic mass is 32.2. The summed E-state index contributed by atoms with van der Waals surface area (Å²) in [6, 6.07) is 0.117. The SMILES string of the molecule is CC1SCCSC1C(N)c1cnn(C)c1. The molecule has 1 aliphatic rings. The number of hydrogen-bond acceptors (Lipinski definition) is 4. The quantitative estimate of drug-likeness (QED) is 0.858. The van der Waals surface area contributed by atoms with Gasteiger partial charge in [-0.25, -0.2) is 0 Å². The lowest BCUT2D eigenvalue weighted by molar-refractivity contribution is 0.662. The zero-order valence-corrected chi connectivity index (χ0v) is 10.7. The predicted octanol–water partition coefficient (Wildman–Crippen LogP) is 1.66. The highest BCUT2D eigenvalue weighted by Crippen LogP contribution is 2.37. The fourth-order valence-corrected chi connectivity index (χ4v) is 4.73. The van der Waals surface area contributed by atoms with E-state index in [9.17, 15) is 0 Å². The second-order valence-corrected chi connectivity index (χ2v) is 6.66. The van der Waals surface area contributed by atoms with Crippen molar-refractivity contribution in [2.75, 3.05) is 11.5 Å². The molecule has 1 fully saturated rings. The number of aryl methyl sites for hydroxylation is 1. The van der Waals surface area contributed by atoms with Crippen LogP contribution in [0.1, 0.15) is 18.5 Å². The zero-order chi connectivity index (χ0) is 10.8. The van der Waals surface area contributed by atoms with Crippen LogP contribution in [0.15, 0.2) is 12.4 Å². The summed E-state index contributed by atoms with van der Waals surface area (Å²) >= 11 is 4.03. The number of thioether (sulfide) groups is 2. The largest absolute Gasteiger partial charge is 0.323 e. The first-order valence-corrected chi connectivity index (χ1v) is 7.25. The molecule has 1 aromatic rings.